The van der Waals surface area contributed by atoms with Gasteiger partial charge in [-0.05, 0) is 60.7 Å². The number of hydrogen-bond acceptors (Lipinski definition) is 8. The maximum absolute atomic E-state index is 12.1. The summed E-state index contributed by atoms with van der Waals surface area (Å²) in [5.41, 5.74) is 3.21. The first-order valence-electron chi connectivity index (χ1n) is 9.86. The number of methoxy groups -OCH3 is 4. The van der Waals surface area contributed by atoms with Crippen molar-refractivity contribution in [1.29, 1.82) is 0 Å². The highest BCUT2D eigenvalue weighted by Crippen LogP contribution is 2.37. The molecule has 0 N–H and O–H groups in total. The highest BCUT2D eigenvalue weighted by molar-refractivity contribution is 5.94. The average Bonchev–Trinajstić information content (AvgIpc) is 2.88. The van der Waals surface area contributed by atoms with Gasteiger partial charge in [0.15, 0.2) is 0 Å². The number of carbonyl (C=O) groups is 3. The Morgan fingerprint density at radius 2 is 1.00 bits per heavy atom. The predicted molar refractivity (Wildman–Crippen MR) is 122 cm³/mol. The van der Waals surface area contributed by atoms with Crippen molar-refractivity contribution < 1.29 is 33.3 Å². The van der Waals surface area contributed by atoms with E-state index in [9.17, 15) is 14.4 Å². The zero-order chi connectivity index (χ0) is 24.0. The van der Waals surface area contributed by atoms with Crippen LogP contribution in [0.5, 0.6) is 5.75 Å². The van der Waals surface area contributed by atoms with E-state index < -0.39 is 17.9 Å². The van der Waals surface area contributed by atoms with Crippen LogP contribution in [0.2, 0.25) is 0 Å². The number of benzene rings is 3. The van der Waals surface area contributed by atoms with Gasteiger partial charge in [-0.1, -0.05) is 0 Å². The summed E-state index contributed by atoms with van der Waals surface area (Å²) in [6, 6.07) is 18.7. The minimum Gasteiger partial charge on any atom is -0.496 e. The SMILES string of the molecule is COC(=O)c1ccc(N(c2ccc(C(=O)OC)cc2)c2ccc(C(=O)OC)c(OC)c2)cc1. The van der Waals surface area contributed by atoms with Crippen molar-refractivity contribution in [3.63, 3.8) is 0 Å². The van der Waals surface area contributed by atoms with Crippen LogP contribution in [0.25, 0.3) is 0 Å². The minimum absolute atomic E-state index is 0.283. The molecule has 0 saturated heterocycles. The van der Waals surface area contributed by atoms with Gasteiger partial charge in [-0.2, -0.15) is 0 Å². The highest BCUT2D eigenvalue weighted by atomic mass is 16.5. The molecule has 3 rings (SSSR count). The van der Waals surface area contributed by atoms with Crippen LogP contribution >= 0.6 is 0 Å². The second kappa shape index (κ2) is 10.3. The number of anilines is 3. The molecule has 0 atom stereocenters. The fourth-order valence-electron chi connectivity index (χ4n) is 3.27. The molecule has 0 aliphatic carbocycles. The van der Waals surface area contributed by atoms with Gasteiger partial charge in [0.05, 0.1) is 39.6 Å². The Kier molecular flexibility index (Phi) is 7.30. The molecule has 0 aliphatic heterocycles. The molecule has 8 nitrogen and oxygen atoms in total. The van der Waals surface area contributed by atoms with Gasteiger partial charge in [-0.25, -0.2) is 14.4 Å². The molecule has 3 aromatic rings. The van der Waals surface area contributed by atoms with E-state index in [1.54, 1.807) is 66.7 Å². The number of carbonyl (C=O) groups excluding carboxylic acids is 3. The summed E-state index contributed by atoms with van der Waals surface area (Å²) in [5.74, 6) is -1.07. The topological polar surface area (TPSA) is 91.4 Å². The van der Waals surface area contributed by atoms with Gasteiger partial charge in [0, 0.05) is 23.1 Å². The first kappa shape index (κ1) is 23.3. The Balaban J connectivity index is 2.12. The van der Waals surface area contributed by atoms with E-state index in [1.807, 2.05) is 4.90 Å². The van der Waals surface area contributed by atoms with Gasteiger partial charge in [0.2, 0.25) is 0 Å². The van der Waals surface area contributed by atoms with Crippen LogP contribution in [-0.4, -0.2) is 46.3 Å². The Morgan fingerprint density at radius 1 is 0.576 bits per heavy atom. The molecule has 0 spiro atoms. The molecule has 0 saturated carbocycles. The van der Waals surface area contributed by atoms with Crippen LogP contribution in [0.1, 0.15) is 31.1 Å². The monoisotopic (exact) mass is 449 g/mol. The molecule has 8 heteroatoms. The molecule has 3 aromatic carbocycles. The summed E-state index contributed by atoms with van der Waals surface area (Å²) in [6.07, 6.45) is 0. The summed E-state index contributed by atoms with van der Waals surface area (Å²) in [4.78, 5) is 37.6. The van der Waals surface area contributed by atoms with Gasteiger partial charge in [-0.15, -0.1) is 0 Å². The van der Waals surface area contributed by atoms with E-state index in [0.29, 0.717) is 22.6 Å². The molecule has 0 amide bonds. The van der Waals surface area contributed by atoms with Gasteiger partial charge < -0.3 is 23.8 Å². The molecule has 0 unspecified atom stereocenters. The lowest BCUT2D eigenvalue weighted by Gasteiger charge is -2.26. The fraction of sp³-hybridized carbons (Fsp3) is 0.160. The van der Waals surface area contributed by atoms with Crippen LogP contribution < -0.4 is 9.64 Å². The van der Waals surface area contributed by atoms with E-state index in [0.717, 1.165) is 11.4 Å². The third kappa shape index (κ3) is 4.95. The van der Waals surface area contributed by atoms with Crippen molar-refractivity contribution in [2.24, 2.45) is 0 Å². The van der Waals surface area contributed by atoms with Crippen molar-refractivity contribution in [2.75, 3.05) is 33.3 Å². The summed E-state index contributed by atoms with van der Waals surface area (Å²) in [7, 11) is 5.40. The molecule has 0 fully saturated rings. The fourth-order valence-corrected chi connectivity index (χ4v) is 3.27. The van der Waals surface area contributed by atoms with Gasteiger partial charge in [0.25, 0.3) is 0 Å². The smallest absolute Gasteiger partial charge is 0.341 e. The molecule has 0 aromatic heterocycles. The van der Waals surface area contributed by atoms with Gasteiger partial charge in [0.1, 0.15) is 11.3 Å². The van der Waals surface area contributed by atoms with Crippen LogP contribution in [0.3, 0.4) is 0 Å². The lowest BCUT2D eigenvalue weighted by Crippen LogP contribution is -2.12. The molecule has 0 bridgehead atoms. The summed E-state index contributed by atoms with van der Waals surface area (Å²) < 4.78 is 19.8. The van der Waals surface area contributed by atoms with E-state index >= 15 is 0 Å². The molecule has 0 radical (unpaired) electrons. The Morgan fingerprint density at radius 3 is 1.39 bits per heavy atom. The molecule has 33 heavy (non-hydrogen) atoms. The average molecular weight is 449 g/mol. The zero-order valence-electron chi connectivity index (χ0n) is 18.7. The van der Waals surface area contributed by atoms with E-state index in [-0.39, 0.29) is 5.56 Å². The lowest BCUT2D eigenvalue weighted by molar-refractivity contribution is 0.0589. The van der Waals surface area contributed by atoms with Gasteiger partial charge in [-0.3, -0.25) is 0 Å². The largest absolute Gasteiger partial charge is 0.496 e. The Bertz CT molecular complexity index is 1090. The molecular formula is C25H23NO7. The number of esters is 3. The summed E-state index contributed by atoms with van der Waals surface area (Å²) >= 11 is 0. The minimum atomic E-state index is -0.519. The normalized spacial score (nSPS) is 10.2. The predicted octanol–water partition coefficient (Wildman–Crippen LogP) is 4.52. The first-order valence-corrected chi connectivity index (χ1v) is 9.86. The standard InChI is InChI=1S/C25H23NO7/c1-30-22-15-20(13-14-21(22)25(29)33-4)26(18-9-5-16(6-10-18)23(27)31-2)19-11-7-17(8-12-19)24(28)32-3/h5-15H,1-4H3. The maximum Gasteiger partial charge on any atom is 0.341 e. The highest BCUT2D eigenvalue weighted by Gasteiger charge is 2.19. The second-order valence-corrected chi connectivity index (χ2v) is 6.79. The third-order valence-corrected chi connectivity index (χ3v) is 4.94. The van der Waals surface area contributed by atoms with Crippen LogP contribution in [0.15, 0.2) is 66.7 Å². The summed E-state index contributed by atoms with van der Waals surface area (Å²) in [5, 5.41) is 0. The number of ether oxygens (including phenoxy) is 4. The van der Waals surface area contributed by atoms with Crippen LogP contribution in [0, 0.1) is 0 Å². The quantitative estimate of drug-likeness (QED) is 0.384. The van der Waals surface area contributed by atoms with Crippen molar-refractivity contribution in [3.8, 4) is 5.75 Å². The van der Waals surface area contributed by atoms with Gasteiger partial charge >= 0.3 is 17.9 Å². The molecular weight excluding hydrogens is 426 g/mol. The number of rotatable bonds is 7. The second-order valence-electron chi connectivity index (χ2n) is 6.79. The van der Waals surface area contributed by atoms with Crippen molar-refractivity contribution in [3.05, 3.63) is 83.4 Å². The van der Waals surface area contributed by atoms with E-state index in [1.165, 1.54) is 28.4 Å². The first-order chi connectivity index (χ1) is 15.9. The van der Waals surface area contributed by atoms with Crippen molar-refractivity contribution >= 4 is 35.0 Å². The lowest BCUT2D eigenvalue weighted by atomic mass is 10.1. The molecule has 0 heterocycles. The molecule has 0 aliphatic rings. The number of nitrogens with zero attached hydrogens (tertiary/aromatic N) is 1. The maximum atomic E-state index is 12.1. The van der Waals surface area contributed by atoms with Crippen molar-refractivity contribution in [2.45, 2.75) is 0 Å². The van der Waals surface area contributed by atoms with E-state index in [4.69, 9.17) is 18.9 Å². The Labute approximate surface area is 191 Å². The van der Waals surface area contributed by atoms with Crippen LogP contribution in [-0.2, 0) is 14.2 Å². The summed E-state index contributed by atoms with van der Waals surface area (Å²) in [6.45, 7) is 0. The Hall–Kier alpha value is -4.33. The zero-order valence-corrected chi connectivity index (χ0v) is 18.7. The third-order valence-electron chi connectivity index (χ3n) is 4.94. The van der Waals surface area contributed by atoms with Crippen molar-refractivity contribution in [1.82, 2.24) is 0 Å². The molecule has 170 valence electrons. The number of hydrogen-bond donors (Lipinski definition) is 0. The van der Waals surface area contributed by atoms with E-state index in [2.05, 4.69) is 0 Å². The van der Waals surface area contributed by atoms with Crippen LogP contribution in [0.4, 0.5) is 17.1 Å².